The van der Waals surface area contributed by atoms with Crippen molar-refractivity contribution in [1.29, 1.82) is 0 Å². The molecule has 0 spiro atoms. The molecule has 3 N–H and O–H groups in total. The number of aliphatic hydroxyl groups excluding tert-OH is 1. The second kappa shape index (κ2) is 8.02. The van der Waals surface area contributed by atoms with E-state index in [1.165, 1.54) is 28.0 Å². The molecule has 4 rings (SSSR count). The molecule has 1 fully saturated rings. The van der Waals surface area contributed by atoms with Crippen molar-refractivity contribution >= 4 is 40.9 Å². The van der Waals surface area contributed by atoms with Gasteiger partial charge in [-0.3, -0.25) is 14.5 Å². The van der Waals surface area contributed by atoms with Gasteiger partial charge < -0.3 is 15.5 Å². The normalized spacial score (nSPS) is 22.0. The summed E-state index contributed by atoms with van der Waals surface area (Å²) in [5, 5.41) is 24.5. The highest BCUT2D eigenvalue weighted by Crippen LogP contribution is 2.43. The van der Waals surface area contributed by atoms with Crippen LogP contribution in [0.2, 0.25) is 0 Å². The van der Waals surface area contributed by atoms with Crippen molar-refractivity contribution < 1.29 is 24.6 Å². The number of benzene rings is 1. The van der Waals surface area contributed by atoms with Crippen molar-refractivity contribution in [3.8, 4) is 0 Å². The molecule has 0 bridgehead atoms. The van der Waals surface area contributed by atoms with Crippen LogP contribution in [0.1, 0.15) is 16.5 Å². The summed E-state index contributed by atoms with van der Waals surface area (Å²) in [6, 6.07) is 11.7. The highest BCUT2D eigenvalue weighted by atomic mass is 32.2. The first-order valence-corrected chi connectivity index (χ1v) is 10.9. The molecule has 0 saturated carbocycles. The Balaban J connectivity index is 1.53. The average molecular weight is 431 g/mol. The van der Waals surface area contributed by atoms with E-state index in [1.807, 2.05) is 17.5 Å². The summed E-state index contributed by atoms with van der Waals surface area (Å²) in [5.74, 6) is -1.76. The largest absolute Gasteiger partial charge is 0.477 e. The number of carbonyl (C=O) groups excluding carboxylic acids is 2. The Morgan fingerprint density at radius 2 is 1.97 bits per heavy atom. The van der Waals surface area contributed by atoms with E-state index < -0.39 is 29.4 Å². The fourth-order valence-electron chi connectivity index (χ4n) is 3.48. The maximum Gasteiger partial charge on any atom is 0.352 e. The molecule has 2 unspecified atom stereocenters. The van der Waals surface area contributed by atoms with Crippen LogP contribution in [-0.4, -0.2) is 50.1 Å². The van der Waals surface area contributed by atoms with E-state index in [0.717, 1.165) is 4.88 Å². The van der Waals surface area contributed by atoms with Gasteiger partial charge in [-0.15, -0.1) is 23.1 Å². The van der Waals surface area contributed by atoms with Gasteiger partial charge in [0.2, 0.25) is 5.91 Å². The lowest BCUT2D eigenvalue weighted by atomic mass is 9.96. The van der Waals surface area contributed by atoms with E-state index >= 15 is 0 Å². The number of thiophene rings is 1. The van der Waals surface area contributed by atoms with Gasteiger partial charge in [-0.05, 0) is 17.0 Å². The number of aliphatic carboxylic acids is 1. The summed E-state index contributed by atoms with van der Waals surface area (Å²) < 4.78 is 0. The highest BCUT2D eigenvalue weighted by molar-refractivity contribution is 8.00. The minimum absolute atomic E-state index is 0.179. The standard InChI is InChI=1S/C20H18N2O5S2/c23-14(9-12-7-4-8-28-12)21-15-18(25)22-16(20(26)27)13(10-29-19(15)22)17(24)11-5-2-1-3-6-11/h1-8,15,17,19,24H,9-10H2,(H,21,23)(H,26,27)/t15?,17?,19-/m1/s1. The monoisotopic (exact) mass is 430 g/mol. The quantitative estimate of drug-likeness (QED) is 0.603. The Morgan fingerprint density at radius 3 is 2.62 bits per heavy atom. The van der Waals surface area contributed by atoms with Gasteiger partial charge in [-0.2, -0.15) is 0 Å². The fraction of sp³-hybridized carbons (Fsp3) is 0.250. The third-order valence-corrected chi connectivity index (χ3v) is 7.06. The fourth-order valence-corrected chi connectivity index (χ4v) is 5.57. The SMILES string of the molecule is O=C(Cc1cccs1)NC1C(=O)N2C(C(=O)O)=C(C(O)c3ccccc3)CS[C@H]12. The van der Waals surface area contributed by atoms with Crippen LogP contribution in [-0.2, 0) is 20.8 Å². The van der Waals surface area contributed by atoms with E-state index in [4.69, 9.17) is 0 Å². The summed E-state index contributed by atoms with van der Waals surface area (Å²) in [7, 11) is 0. The van der Waals surface area contributed by atoms with Crippen LogP contribution in [0.3, 0.4) is 0 Å². The number of carboxylic acids is 1. The van der Waals surface area contributed by atoms with Crippen molar-refractivity contribution in [2.75, 3.05) is 5.75 Å². The van der Waals surface area contributed by atoms with Crippen molar-refractivity contribution in [2.45, 2.75) is 23.9 Å². The molecule has 3 atom stereocenters. The Labute approximate surface area is 175 Å². The lowest BCUT2D eigenvalue weighted by Gasteiger charge is -2.49. The Hall–Kier alpha value is -2.62. The first-order chi connectivity index (χ1) is 14.0. The minimum atomic E-state index is -1.27. The average Bonchev–Trinajstić information content (AvgIpc) is 3.23. The van der Waals surface area contributed by atoms with Gasteiger partial charge in [0.05, 0.1) is 6.42 Å². The summed E-state index contributed by atoms with van der Waals surface area (Å²) >= 11 is 2.80. The van der Waals surface area contributed by atoms with Crippen LogP contribution in [0, 0.1) is 0 Å². The second-order valence-electron chi connectivity index (χ2n) is 6.70. The molecule has 2 aromatic rings. The van der Waals surface area contributed by atoms with Gasteiger partial charge in [0.1, 0.15) is 23.2 Å². The third-order valence-electron chi connectivity index (χ3n) is 4.88. The number of fused-ring (bicyclic) bond motifs is 1. The lowest BCUT2D eigenvalue weighted by Crippen LogP contribution is -2.70. The zero-order chi connectivity index (χ0) is 20.5. The van der Waals surface area contributed by atoms with Crippen LogP contribution in [0.4, 0.5) is 0 Å². The van der Waals surface area contributed by atoms with Crippen molar-refractivity contribution in [3.05, 3.63) is 69.6 Å². The summed E-state index contributed by atoms with van der Waals surface area (Å²) in [6.07, 6.45) is -0.936. The van der Waals surface area contributed by atoms with Gasteiger partial charge in [-0.25, -0.2) is 4.79 Å². The molecule has 2 amide bonds. The molecule has 0 aliphatic carbocycles. The Bertz CT molecular complexity index is 974. The molecule has 0 radical (unpaired) electrons. The maximum atomic E-state index is 12.7. The first-order valence-electron chi connectivity index (χ1n) is 8.93. The topological polar surface area (TPSA) is 107 Å². The predicted octanol–water partition coefficient (Wildman–Crippen LogP) is 1.76. The Kier molecular flexibility index (Phi) is 5.44. The van der Waals surface area contributed by atoms with E-state index in [-0.39, 0.29) is 29.4 Å². The van der Waals surface area contributed by atoms with Crippen LogP contribution in [0.5, 0.6) is 0 Å². The molecular formula is C20H18N2O5S2. The second-order valence-corrected chi connectivity index (χ2v) is 8.84. The number of carbonyl (C=O) groups is 3. The van der Waals surface area contributed by atoms with Gasteiger partial charge in [-0.1, -0.05) is 36.4 Å². The van der Waals surface area contributed by atoms with Gasteiger partial charge in [0.15, 0.2) is 0 Å². The number of nitrogens with zero attached hydrogens (tertiary/aromatic N) is 1. The van der Waals surface area contributed by atoms with Crippen LogP contribution >= 0.6 is 23.1 Å². The molecule has 29 heavy (non-hydrogen) atoms. The van der Waals surface area contributed by atoms with E-state index in [1.54, 1.807) is 30.3 Å². The highest BCUT2D eigenvalue weighted by Gasteiger charge is 2.54. The maximum absolute atomic E-state index is 12.7. The molecule has 1 aromatic heterocycles. The first kappa shape index (κ1) is 19.7. The van der Waals surface area contributed by atoms with Crippen molar-refractivity contribution in [2.24, 2.45) is 0 Å². The van der Waals surface area contributed by atoms with E-state index in [2.05, 4.69) is 5.32 Å². The van der Waals surface area contributed by atoms with E-state index in [9.17, 15) is 24.6 Å². The van der Waals surface area contributed by atoms with Crippen LogP contribution in [0.15, 0.2) is 59.1 Å². The van der Waals surface area contributed by atoms with E-state index in [0.29, 0.717) is 5.56 Å². The number of β-lactam (4-membered cyclic amide) rings is 1. The van der Waals surface area contributed by atoms with Crippen LogP contribution in [0.25, 0.3) is 0 Å². The van der Waals surface area contributed by atoms with Gasteiger partial charge in [0, 0.05) is 16.2 Å². The number of amides is 2. The number of nitrogens with one attached hydrogen (secondary N) is 1. The molecule has 2 aliphatic rings. The number of aliphatic hydroxyl groups is 1. The van der Waals surface area contributed by atoms with Crippen molar-refractivity contribution in [3.63, 3.8) is 0 Å². The van der Waals surface area contributed by atoms with Crippen LogP contribution < -0.4 is 5.32 Å². The van der Waals surface area contributed by atoms with Crippen molar-refractivity contribution in [1.82, 2.24) is 10.2 Å². The molecule has 9 heteroatoms. The molecule has 2 aliphatic heterocycles. The number of thioether (sulfide) groups is 1. The predicted molar refractivity (Wildman–Crippen MR) is 109 cm³/mol. The third kappa shape index (κ3) is 3.68. The molecule has 1 aromatic carbocycles. The van der Waals surface area contributed by atoms with Gasteiger partial charge >= 0.3 is 5.97 Å². The molecule has 150 valence electrons. The smallest absolute Gasteiger partial charge is 0.352 e. The summed E-state index contributed by atoms with van der Waals surface area (Å²) in [5.41, 5.74) is 0.648. The molecule has 3 heterocycles. The zero-order valence-electron chi connectivity index (χ0n) is 15.1. The minimum Gasteiger partial charge on any atom is -0.477 e. The number of hydrogen-bond donors (Lipinski definition) is 3. The lowest BCUT2D eigenvalue weighted by molar-refractivity contribution is -0.150. The zero-order valence-corrected chi connectivity index (χ0v) is 16.8. The number of rotatable bonds is 6. The summed E-state index contributed by atoms with van der Waals surface area (Å²) in [4.78, 5) is 38.9. The summed E-state index contributed by atoms with van der Waals surface area (Å²) in [6.45, 7) is 0. The Morgan fingerprint density at radius 1 is 1.21 bits per heavy atom. The molecular weight excluding hydrogens is 412 g/mol. The molecule has 7 nitrogen and oxygen atoms in total. The number of hydrogen-bond acceptors (Lipinski definition) is 6. The van der Waals surface area contributed by atoms with Gasteiger partial charge in [0.25, 0.3) is 5.91 Å². The molecule has 1 saturated heterocycles. The number of carboxylic acid groups (broad SMARTS) is 1.